The van der Waals surface area contributed by atoms with Gasteiger partial charge in [-0.1, -0.05) is 19.1 Å². The van der Waals surface area contributed by atoms with Crippen molar-refractivity contribution in [1.82, 2.24) is 0 Å². The van der Waals surface area contributed by atoms with Gasteiger partial charge >= 0.3 is 0 Å². The molecule has 0 bridgehead atoms. The van der Waals surface area contributed by atoms with E-state index < -0.39 is 0 Å². The third-order valence-corrected chi connectivity index (χ3v) is 1.47. The summed E-state index contributed by atoms with van der Waals surface area (Å²) in [6.45, 7) is 1.96. The Hall–Kier alpha value is -0.760. The normalized spacial score (nSPS) is 14.7. The molecule has 0 saturated carbocycles. The molecule has 0 spiro atoms. The van der Waals surface area contributed by atoms with Crippen LogP contribution in [0.2, 0.25) is 0 Å². The SMILES string of the molecule is CCC(O)CCC=CC=CO. The lowest BCUT2D eigenvalue weighted by atomic mass is 10.1. The third-order valence-electron chi connectivity index (χ3n) is 1.47. The number of rotatable bonds is 5. The lowest BCUT2D eigenvalue weighted by Crippen LogP contribution is -2.02. The highest BCUT2D eigenvalue weighted by molar-refractivity contribution is 4.98. The Morgan fingerprint density at radius 3 is 2.64 bits per heavy atom. The Morgan fingerprint density at radius 1 is 1.36 bits per heavy atom. The van der Waals surface area contributed by atoms with Gasteiger partial charge < -0.3 is 10.2 Å². The van der Waals surface area contributed by atoms with Crippen molar-refractivity contribution < 1.29 is 10.2 Å². The van der Waals surface area contributed by atoms with E-state index in [1.165, 1.54) is 0 Å². The molecule has 64 valence electrons. The highest BCUT2D eigenvalue weighted by Crippen LogP contribution is 2.01. The van der Waals surface area contributed by atoms with Crippen LogP contribution in [0.15, 0.2) is 24.5 Å². The monoisotopic (exact) mass is 156 g/mol. The Labute approximate surface area is 67.9 Å². The third kappa shape index (κ3) is 7.13. The maximum absolute atomic E-state index is 9.11. The molecule has 0 aliphatic carbocycles. The predicted molar refractivity (Wildman–Crippen MR) is 46.4 cm³/mol. The summed E-state index contributed by atoms with van der Waals surface area (Å²) < 4.78 is 0. The molecule has 0 aromatic rings. The fourth-order valence-corrected chi connectivity index (χ4v) is 0.717. The van der Waals surface area contributed by atoms with Crippen molar-refractivity contribution in [3.63, 3.8) is 0 Å². The number of aliphatic hydroxyl groups is 2. The molecule has 1 atom stereocenters. The van der Waals surface area contributed by atoms with Gasteiger partial charge in [-0.05, 0) is 25.3 Å². The molecule has 0 rings (SSSR count). The summed E-state index contributed by atoms with van der Waals surface area (Å²) in [6.07, 6.45) is 8.52. The largest absolute Gasteiger partial charge is 0.516 e. The van der Waals surface area contributed by atoms with Gasteiger partial charge in [-0.25, -0.2) is 0 Å². The van der Waals surface area contributed by atoms with Gasteiger partial charge in [-0.3, -0.25) is 0 Å². The van der Waals surface area contributed by atoms with E-state index in [0.717, 1.165) is 25.5 Å². The lowest BCUT2D eigenvalue weighted by molar-refractivity contribution is 0.161. The molecular weight excluding hydrogens is 140 g/mol. The summed E-state index contributed by atoms with van der Waals surface area (Å²) in [6, 6.07) is 0. The van der Waals surface area contributed by atoms with E-state index in [4.69, 9.17) is 10.2 Å². The molecule has 0 aromatic heterocycles. The molecule has 2 heteroatoms. The highest BCUT2D eigenvalue weighted by atomic mass is 16.3. The van der Waals surface area contributed by atoms with E-state index in [1.54, 1.807) is 12.2 Å². The predicted octanol–water partition coefficient (Wildman–Crippen LogP) is 2.17. The maximum atomic E-state index is 9.11. The molecule has 0 heterocycles. The van der Waals surface area contributed by atoms with Gasteiger partial charge in [0.2, 0.25) is 0 Å². The van der Waals surface area contributed by atoms with Crippen LogP contribution in [0, 0.1) is 0 Å². The van der Waals surface area contributed by atoms with Gasteiger partial charge in [0.05, 0.1) is 12.4 Å². The first-order chi connectivity index (χ1) is 5.31. The summed E-state index contributed by atoms with van der Waals surface area (Å²) in [5, 5.41) is 17.4. The summed E-state index contributed by atoms with van der Waals surface area (Å²) in [5.74, 6) is 0. The number of hydrogen-bond donors (Lipinski definition) is 2. The van der Waals surface area contributed by atoms with Gasteiger partial charge in [0.1, 0.15) is 0 Å². The molecule has 0 aliphatic rings. The van der Waals surface area contributed by atoms with Crippen LogP contribution in [0.25, 0.3) is 0 Å². The van der Waals surface area contributed by atoms with Gasteiger partial charge in [-0.15, -0.1) is 0 Å². The average molecular weight is 156 g/mol. The molecule has 11 heavy (non-hydrogen) atoms. The molecular formula is C9H16O2. The summed E-state index contributed by atoms with van der Waals surface area (Å²) in [4.78, 5) is 0. The second-order valence-electron chi connectivity index (χ2n) is 2.41. The van der Waals surface area contributed by atoms with Crippen LogP contribution >= 0.6 is 0 Å². The second kappa shape index (κ2) is 7.35. The van der Waals surface area contributed by atoms with E-state index in [9.17, 15) is 0 Å². The molecule has 0 radical (unpaired) electrons. The molecule has 2 N–H and O–H groups in total. The van der Waals surface area contributed by atoms with E-state index in [1.807, 2.05) is 13.0 Å². The standard InChI is InChI=1S/C9H16O2/c1-2-9(11)7-5-3-4-6-8-10/h3-4,6,8-11H,2,5,7H2,1H3. The van der Waals surface area contributed by atoms with Gasteiger partial charge in [0.15, 0.2) is 0 Å². The smallest absolute Gasteiger partial charge is 0.0791 e. The van der Waals surface area contributed by atoms with Crippen molar-refractivity contribution >= 4 is 0 Å². The van der Waals surface area contributed by atoms with E-state index in [2.05, 4.69) is 0 Å². The van der Waals surface area contributed by atoms with Crippen LogP contribution < -0.4 is 0 Å². The van der Waals surface area contributed by atoms with Crippen LogP contribution in [-0.4, -0.2) is 16.3 Å². The molecule has 1 unspecified atom stereocenters. The van der Waals surface area contributed by atoms with Crippen LogP contribution in [0.3, 0.4) is 0 Å². The van der Waals surface area contributed by atoms with Crippen molar-refractivity contribution in [3.8, 4) is 0 Å². The van der Waals surface area contributed by atoms with Crippen LogP contribution in [0.5, 0.6) is 0 Å². The second-order valence-corrected chi connectivity index (χ2v) is 2.41. The first-order valence-corrected chi connectivity index (χ1v) is 3.95. The quantitative estimate of drug-likeness (QED) is 0.473. The Bertz CT molecular complexity index is 128. The van der Waals surface area contributed by atoms with Crippen LogP contribution in [0.1, 0.15) is 26.2 Å². The zero-order chi connectivity index (χ0) is 8.53. The van der Waals surface area contributed by atoms with Gasteiger partial charge in [0.25, 0.3) is 0 Å². The zero-order valence-corrected chi connectivity index (χ0v) is 6.90. The van der Waals surface area contributed by atoms with Crippen LogP contribution in [-0.2, 0) is 0 Å². The molecule has 2 nitrogen and oxygen atoms in total. The zero-order valence-electron chi connectivity index (χ0n) is 6.90. The Morgan fingerprint density at radius 2 is 2.09 bits per heavy atom. The number of hydrogen-bond acceptors (Lipinski definition) is 2. The number of allylic oxidation sites excluding steroid dienone is 3. The molecule has 0 fully saturated rings. The Kier molecular flexibility index (Phi) is 6.84. The fourth-order valence-electron chi connectivity index (χ4n) is 0.717. The van der Waals surface area contributed by atoms with Crippen LogP contribution in [0.4, 0.5) is 0 Å². The minimum Gasteiger partial charge on any atom is -0.516 e. The summed E-state index contributed by atoms with van der Waals surface area (Å²) in [7, 11) is 0. The van der Waals surface area contributed by atoms with Crippen molar-refractivity contribution in [1.29, 1.82) is 0 Å². The highest BCUT2D eigenvalue weighted by Gasteiger charge is 1.96. The summed E-state index contributed by atoms with van der Waals surface area (Å²) >= 11 is 0. The van der Waals surface area contributed by atoms with E-state index in [0.29, 0.717) is 0 Å². The van der Waals surface area contributed by atoms with E-state index >= 15 is 0 Å². The molecule has 0 aliphatic heterocycles. The van der Waals surface area contributed by atoms with Crippen molar-refractivity contribution in [3.05, 3.63) is 24.5 Å². The topological polar surface area (TPSA) is 40.5 Å². The lowest BCUT2D eigenvalue weighted by Gasteiger charge is -2.02. The van der Waals surface area contributed by atoms with Crippen molar-refractivity contribution in [2.75, 3.05) is 0 Å². The first kappa shape index (κ1) is 10.2. The molecule has 0 saturated heterocycles. The maximum Gasteiger partial charge on any atom is 0.0791 e. The Balaban J connectivity index is 3.26. The number of aliphatic hydroxyl groups excluding tert-OH is 2. The first-order valence-electron chi connectivity index (χ1n) is 3.95. The van der Waals surface area contributed by atoms with E-state index in [-0.39, 0.29) is 6.10 Å². The molecule has 0 aromatic carbocycles. The van der Waals surface area contributed by atoms with Gasteiger partial charge in [-0.2, -0.15) is 0 Å². The average Bonchev–Trinajstić information content (AvgIpc) is 2.04. The summed E-state index contributed by atoms with van der Waals surface area (Å²) in [5.41, 5.74) is 0. The van der Waals surface area contributed by atoms with Crippen molar-refractivity contribution in [2.45, 2.75) is 32.3 Å². The minimum absolute atomic E-state index is 0.183. The molecule has 0 amide bonds. The van der Waals surface area contributed by atoms with Crippen molar-refractivity contribution in [2.24, 2.45) is 0 Å². The minimum atomic E-state index is -0.183. The van der Waals surface area contributed by atoms with Gasteiger partial charge in [0, 0.05) is 0 Å². The fraction of sp³-hybridized carbons (Fsp3) is 0.556.